The predicted molar refractivity (Wildman–Crippen MR) is 102 cm³/mol. The number of rotatable bonds is 6. The maximum Gasteiger partial charge on any atom is 0.325 e. The van der Waals surface area contributed by atoms with Gasteiger partial charge in [-0.2, -0.15) is 4.31 Å². The van der Waals surface area contributed by atoms with E-state index in [9.17, 15) is 18.0 Å². The van der Waals surface area contributed by atoms with Crippen LogP contribution in [0.1, 0.15) is 24.0 Å². The number of fused-ring (bicyclic) bond motifs is 1. The van der Waals surface area contributed by atoms with E-state index in [1.165, 1.54) is 17.0 Å². The highest BCUT2D eigenvalue weighted by Crippen LogP contribution is 2.25. The van der Waals surface area contributed by atoms with E-state index in [1.807, 2.05) is 12.1 Å². The largest absolute Gasteiger partial charge is 0.468 e. The maximum absolute atomic E-state index is 13.0. The second-order valence-corrected chi connectivity index (χ2v) is 9.26. The average molecular weight is 411 g/mol. The number of esters is 1. The molecule has 1 aromatic carbocycles. The first kappa shape index (κ1) is 20.8. The van der Waals surface area contributed by atoms with Crippen LogP contribution in [0.3, 0.4) is 0 Å². The summed E-state index contributed by atoms with van der Waals surface area (Å²) in [5.41, 5.74) is 2.41. The molecule has 1 fully saturated rings. The molecule has 0 spiro atoms. The summed E-state index contributed by atoms with van der Waals surface area (Å²) < 4.78 is 32.0. The van der Waals surface area contributed by atoms with Crippen LogP contribution < -0.4 is 10.2 Å². The molecule has 8 nitrogen and oxygen atoms in total. The van der Waals surface area contributed by atoms with E-state index in [0.29, 0.717) is 31.1 Å². The smallest absolute Gasteiger partial charge is 0.325 e. The minimum absolute atomic E-state index is 0.151. The summed E-state index contributed by atoms with van der Waals surface area (Å²) in [6.45, 7) is 1.91. The van der Waals surface area contributed by atoms with Crippen LogP contribution >= 0.6 is 0 Å². The molecule has 0 bridgehead atoms. The number of carbonyl (C=O) groups is 2. The Hall–Kier alpha value is -1.97. The molecule has 1 heterocycles. The molecule has 1 aromatic rings. The molecule has 0 atom stereocenters. The average Bonchev–Trinajstić information content (AvgIpc) is 2.72. The lowest BCUT2D eigenvalue weighted by atomic mass is 9.92. The van der Waals surface area contributed by atoms with Crippen LogP contribution in [-0.2, 0) is 37.2 Å². The van der Waals surface area contributed by atoms with Gasteiger partial charge in [0.05, 0.1) is 38.2 Å². The van der Waals surface area contributed by atoms with E-state index >= 15 is 0 Å². The van der Waals surface area contributed by atoms with Crippen molar-refractivity contribution in [1.82, 2.24) is 9.62 Å². The minimum Gasteiger partial charge on any atom is -0.468 e. The van der Waals surface area contributed by atoms with Crippen LogP contribution in [0, 0.1) is 0 Å². The number of benzene rings is 1. The van der Waals surface area contributed by atoms with Gasteiger partial charge in [-0.25, -0.2) is 8.42 Å². The molecule has 0 saturated carbocycles. The van der Waals surface area contributed by atoms with E-state index in [4.69, 9.17) is 0 Å². The van der Waals surface area contributed by atoms with Gasteiger partial charge in [-0.15, -0.1) is 0 Å². The fourth-order valence-electron chi connectivity index (χ4n) is 3.77. The highest BCUT2D eigenvalue weighted by Gasteiger charge is 2.31. The number of amides is 1. The standard InChI is InChI=1S/C19H27N3O5S/c1-27-19(24)13-20-18(23)14-21-8-10-22(11-9-21)28(25,26)17-7-6-15-4-2-3-5-16(15)12-17/h6-7,12H,2-5,8-11,13-14H2,1H3,(H,20,23)/p+1. The van der Waals surface area contributed by atoms with Gasteiger partial charge in [0.2, 0.25) is 10.0 Å². The SMILES string of the molecule is COC(=O)CNC(=O)C[NH+]1CCN(S(=O)(=O)c2ccc3c(c2)CCCC3)CC1. The summed E-state index contributed by atoms with van der Waals surface area (Å²) in [5, 5.41) is 2.51. The Labute approximate surface area is 165 Å². The molecule has 3 rings (SSSR count). The highest BCUT2D eigenvalue weighted by molar-refractivity contribution is 7.89. The van der Waals surface area contributed by atoms with Crippen LogP contribution in [-0.4, -0.2) is 71.0 Å². The van der Waals surface area contributed by atoms with E-state index in [1.54, 1.807) is 6.07 Å². The van der Waals surface area contributed by atoms with Crippen molar-refractivity contribution < 1.29 is 27.6 Å². The third kappa shape index (κ3) is 4.89. The first-order valence-electron chi connectivity index (χ1n) is 9.69. The number of nitrogens with one attached hydrogen (secondary N) is 2. The Kier molecular flexibility index (Phi) is 6.69. The molecule has 1 amide bonds. The summed E-state index contributed by atoms with van der Waals surface area (Å²) in [5.74, 6) is -0.740. The Morgan fingerprint density at radius 1 is 1.14 bits per heavy atom. The maximum atomic E-state index is 13.0. The lowest BCUT2D eigenvalue weighted by molar-refractivity contribution is -0.895. The third-order valence-electron chi connectivity index (χ3n) is 5.46. The van der Waals surface area contributed by atoms with E-state index in [2.05, 4.69) is 10.1 Å². The number of carbonyl (C=O) groups excluding carboxylic acids is 2. The number of sulfonamides is 1. The van der Waals surface area contributed by atoms with Crippen molar-refractivity contribution in [2.45, 2.75) is 30.6 Å². The number of hydrogen-bond donors (Lipinski definition) is 2. The van der Waals surface area contributed by atoms with Gasteiger partial charge in [0.25, 0.3) is 5.91 Å². The second kappa shape index (κ2) is 9.02. The zero-order chi connectivity index (χ0) is 20.1. The molecule has 1 aliphatic carbocycles. The Bertz CT molecular complexity index is 832. The van der Waals surface area contributed by atoms with E-state index in [-0.39, 0.29) is 19.0 Å². The molecular weight excluding hydrogens is 382 g/mol. The molecule has 1 aliphatic heterocycles. The van der Waals surface area contributed by atoms with Crippen molar-refractivity contribution in [1.29, 1.82) is 0 Å². The molecule has 0 unspecified atom stereocenters. The topological polar surface area (TPSA) is 97.2 Å². The number of piperazine rings is 1. The lowest BCUT2D eigenvalue weighted by Gasteiger charge is -2.31. The molecule has 2 N–H and O–H groups in total. The molecule has 0 aromatic heterocycles. The van der Waals surface area contributed by atoms with Crippen molar-refractivity contribution in [2.24, 2.45) is 0 Å². The molecule has 2 aliphatic rings. The second-order valence-electron chi connectivity index (χ2n) is 7.32. The van der Waals surface area contributed by atoms with Crippen molar-refractivity contribution in [2.75, 3.05) is 46.4 Å². The first-order chi connectivity index (χ1) is 13.4. The quantitative estimate of drug-likeness (QED) is 0.571. The number of hydrogen-bond acceptors (Lipinski definition) is 5. The van der Waals surface area contributed by atoms with Gasteiger partial charge in [-0.05, 0) is 48.9 Å². The Balaban J connectivity index is 1.55. The van der Waals surface area contributed by atoms with E-state index < -0.39 is 16.0 Å². The highest BCUT2D eigenvalue weighted by atomic mass is 32.2. The van der Waals surface area contributed by atoms with Gasteiger partial charge >= 0.3 is 5.97 Å². The number of methoxy groups -OCH3 is 1. The van der Waals surface area contributed by atoms with Crippen LogP contribution in [0.15, 0.2) is 23.1 Å². The van der Waals surface area contributed by atoms with Crippen LogP contribution in [0.4, 0.5) is 0 Å². The summed E-state index contributed by atoms with van der Waals surface area (Å²) in [6.07, 6.45) is 4.24. The summed E-state index contributed by atoms with van der Waals surface area (Å²) in [6, 6.07) is 5.51. The fraction of sp³-hybridized carbons (Fsp3) is 0.579. The van der Waals surface area contributed by atoms with Gasteiger partial charge in [0.15, 0.2) is 6.54 Å². The normalized spacial score (nSPS) is 18.3. The van der Waals surface area contributed by atoms with Crippen molar-refractivity contribution >= 4 is 21.9 Å². The fourth-order valence-corrected chi connectivity index (χ4v) is 5.26. The zero-order valence-electron chi connectivity index (χ0n) is 16.2. The van der Waals surface area contributed by atoms with Crippen LogP contribution in [0.25, 0.3) is 0 Å². The number of ether oxygens (including phenoxy) is 1. The molecule has 1 saturated heterocycles. The molecule has 9 heteroatoms. The number of nitrogens with zero attached hydrogens (tertiary/aromatic N) is 1. The first-order valence-corrected chi connectivity index (χ1v) is 11.1. The van der Waals surface area contributed by atoms with Gasteiger partial charge in [0, 0.05) is 0 Å². The summed E-state index contributed by atoms with van der Waals surface area (Å²) in [4.78, 5) is 24.3. The Morgan fingerprint density at radius 2 is 1.82 bits per heavy atom. The van der Waals surface area contributed by atoms with Crippen LogP contribution in [0.2, 0.25) is 0 Å². The van der Waals surface area contributed by atoms with Crippen LogP contribution in [0.5, 0.6) is 0 Å². The number of aryl methyl sites for hydroxylation is 2. The van der Waals surface area contributed by atoms with Crippen molar-refractivity contribution in [3.8, 4) is 0 Å². The van der Waals surface area contributed by atoms with Gasteiger partial charge in [0.1, 0.15) is 6.54 Å². The molecular formula is C19H28N3O5S+. The third-order valence-corrected chi connectivity index (χ3v) is 7.35. The zero-order valence-corrected chi connectivity index (χ0v) is 17.0. The monoisotopic (exact) mass is 410 g/mol. The molecule has 154 valence electrons. The van der Waals surface area contributed by atoms with Crippen molar-refractivity contribution in [3.05, 3.63) is 29.3 Å². The van der Waals surface area contributed by atoms with Gasteiger partial charge < -0.3 is 15.0 Å². The van der Waals surface area contributed by atoms with Gasteiger partial charge in [-0.1, -0.05) is 6.07 Å². The summed E-state index contributed by atoms with van der Waals surface area (Å²) >= 11 is 0. The Morgan fingerprint density at radius 3 is 2.50 bits per heavy atom. The number of quaternary nitrogens is 1. The lowest BCUT2D eigenvalue weighted by Crippen LogP contribution is -3.15. The van der Waals surface area contributed by atoms with Gasteiger partial charge in [-0.3, -0.25) is 9.59 Å². The summed E-state index contributed by atoms with van der Waals surface area (Å²) in [7, 11) is -2.25. The van der Waals surface area contributed by atoms with Crippen molar-refractivity contribution in [3.63, 3.8) is 0 Å². The molecule has 28 heavy (non-hydrogen) atoms. The van der Waals surface area contributed by atoms with E-state index in [0.717, 1.165) is 36.1 Å². The minimum atomic E-state index is -3.51. The predicted octanol–water partition coefficient (Wildman–Crippen LogP) is -1.26. The molecule has 0 radical (unpaired) electrons.